The lowest BCUT2D eigenvalue weighted by Gasteiger charge is -2.28. The minimum Gasteiger partial charge on any atom is -0.356 e. The molecule has 0 radical (unpaired) electrons. The summed E-state index contributed by atoms with van der Waals surface area (Å²) in [5, 5.41) is 8.01. The molecule has 2 heterocycles. The van der Waals surface area contributed by atoms with Crippen LogP contribution < -0.4 is 10.6 Å². The standard InChI is InChI=1S/C21H31N5S/c1-3-19-15-25-20(27-19)9-12-24-21(22-2)23-11-6-13-26-14-10-17-7-4-5-8-18(17)16-26/h4-5,7-8,15H,3,6,9-14,16H2,1-2H3,(H2,22,23,24). The summed E-state index contributed by atoms with van der Waals surface area (Å²) < 4.78 is 0. The molecule has 6 heteroatoms. The zero-order valence-corrected chi connectivity index (χ0v) is 17.3. The van der Waals surface area contributed by atoms with E-state index in [0.29, 0.717) is 0 Å². The molecule has 2 aromatic rings. The van der Waals surface area contributed by atoms with E-state index in [1.54, 1.807) is 0 Å². The van der Waals surface area contributed by atoms with E-state index in [-0.39, 0.29) is 0 Å². The van der Waals surface area contributed by atoms with Gasteiger partial charge in [0.2, 0.25) is 0 Å². The number of benzene rings is 1. The van der Waals surface area contributed by atoms with Crippen LogP contribution >= 0.6 is 11.3 Å². The zero-order chi connectivity index (χ0) is 18.9. The number of aryl methyl sites for hydroxylation is 1. The first-order valence-corrected chi connectivity index (χ1v) is 10.8. The first-order valence-electron chi connectivity index (χ1n) is 9.95. The largest absolute Gasteiger partial charge is 0.356 e. The van der Waals surface area contributed by atoms with Gasteiger partial charge in [-0.2, -0.15) is 0 Å². The van der Waals surface area contributed by atoms with Crippen LogP contribution in [-0.4, -0.2) is 49.1 Å². The number of rotatable bonds is 8. The van der Waals surface area contributed by atoms with Crippen LogP contribution in [0, 0.1) is 0 Å². The zero-order valence-electron chi connectivity index (χ0n) is 16.5. The average Bonchev–Trinajstić information content (AvgIpc) is 3.17. The van der Waals surface area contributed by atoms with Gasteiger partial charge in [0.1, 0.15) is 0 Å². The number of aliphatic imine (C=N–C) groups is 1. The van der Waals surface area contributed by atoms with Crippen LogP contribution in [0.4, 0.5) is 0 Å². The van der Waals surface area contributed by atoms with Crippen molar-refractivity contribution in [1.82, 2.24) is 20.5 Å². The first kappa shape index (κ1) is 19.8. The summed E-state index contributed by atoms with van der Waals surface area (Å²) in [6, 6.07) is 8.82. The van der Waals surface area contributed by atoms with Crippen LogP contribution in [0.3, 0.4) is 0 Å². The van der Waals surface area contributed by atoms with E-state index in [1.165, 1.54) is 27.4 Å². The van der Waals surface area contributed by atoms with Gasteiger partial charge in [-0.3, -0.25) is 9.89 Å². The summed E-state index contributed by atoms with van der Waals surface area (Å²) in [5.41, 5.74) is 3.00. The summed E-state index contributed by atoms with van der Waals surface area (Å²) in [6.45, 7) is 7.34. The van der Waals surface area contributed by atoms with Gasteiger partial charge in [0.25, 0.3) is 0 Å². The summed E-state index contributed by atoms with van der Waals surface area (Å²) in [4.78, 5) is 12.7. The van der Waals surface area contributed by atoms with E-state index in [0.717, 1.165) is 57.9 Å². The monoisotopic (exact) mass is 385 g/mol. The topological polar surface area (TPSA) is 52.6 Å². The van der Waals surface area contributed by atoms with Crippen molar-refractivity contribution in [2.45, 2.75) is 39.2 Å². The van der Waals surface area contributed by atoms with Crippen molar-refractivity contribution in [3.8, 4) is 0 Å². The Morgan fingerprint density at radius 1 is 1.22 bits per heavy atom. The third-order valence-corrected chi connectivity index (χ3v) is 6.16. The Morgan fingerprint density at radius 2 is 2.04 bits per heavy atom. The molecule has 5 nitrogen and oxygen atoms in total. The van der Waals surface area contributed by atoms with Crippen LogP contribution in [0.25, 0.3) is 0 Å². The summed E-state index contributed by atoms with van der Waals surface area (Å²) >= 11 is 1.81. The smallest absolute Gasteiger partial charge is 0.190 e. The van der Waals surface area contributed by atoms with Crippen molar-refractivity contribution in [2.24, 2.45) is 4.99 Å². The molecule has 0 bridgehead atoms. The highest BCUT2D eigenvalue weighted by molar-refractivity contribution is 7.11. The van der Waals surface area contributed by atoms with Gasteiger partial charge in [-0.1, -0.05) is 31.2 Å². The molecule has 0 saturated carbocycles. The number of guanidine groups is 1. The van der Waals surface area contributed by atoms with Gasteiger partial charge < -0.3 is 10.6 Å². The van der Waals surface area contributed by atoms with Crippen molar-refractivity contribution in [3.05, 3.63) is 51.5 Å². The second kappa shape index (κ2) is 10.4. The maximum atomic E-state index is 4.47. The predicted octanol–water partition coefficient (Wildman–Crippen LogP) is 2.86. The third kappa shape index (κ3) is 6.04. The van der Waals surface area contributed by atoms with E-state index in [9.17, 15) is 0 Å². The molecule has 27 heavy (non-hydrogen) atoms. The number of hydrogen-bond acceptors (Lipinski definition) is 4. The van der Waals surface area contributed by atoms with E-state index in [2.05, 4.69) is 56.7 Å². The number of nitrogens with zero attached hydrogens (tertiary/aromatic N) is 3. The van der Waals surface area contributed by atoms with Crippen LogP contribution in [0.2, 0.25) is 0 Å². The molecular formula is C21H31N5S. The normalized spacial score (nSPS) is 14.8. The predicted molar refractivity (Wildman–Crippen MR) is 115 cm³/mol. The van der Waals surface area contributed by atoms with E-state index in [4.69, 9.17) is 0 Å². The molecule has 0 aliphatic carbocycles. The van der Waals surface area contributed by atoms with Gasteiger partial charge in [-0.15, -0.1) is 11.3 Å². The molecular weight excluding hydrogens is 354 g/mol. The van der Waals surface area contributed by atoms with Gasteiger partial charge in [-0.05, 0) is 30.4 Å². The number of hydrogen-bond donors (Lipinski definition) is 2. The Morgan fingerprint density at radius 3 is 2.81 bits per heavy atom. The summed E-state index contributed by atoms with van der Waals surface area (Å²) in [7, 11) is 1.83. The molecule has 1 aromatic carbocycles. The fraction of sp³-hybridized carbons (Fsp3) is 0.524. The van der Waals surface area contributed by atoms with Crippen molar-refractivity contribution >= 4 is 17.3 Å². The molecule has 2 N–H and O–H groups in total. The lowest BCUT2D eigenvalue weighted by molar-refractivity contribution is 0.251. The quantitative estimate of drug-likeness (QED) is 0.417. The molecule has 146 valence electrons. The van der Waals surface area contributed by atoms with Crippen molar-refractivity contribution in [1.29, 1.82) is 0 Å². The molecule has 0 amide bonds. The Hall–Kier alpha value is -1.92. The summed E-state index contributed by atoms with van der Waals surface area (Å²) in [6.07, 6.45) is 6.29. The molecule has 0 atom stereocenters. The van der Waals surface area contributed by atoms with Gasteiger partial charge in [0.15, 0.2) is 5.96 Å². The number of thiazole rings is 1. The molecule has 1 aliphatic heterocycles. The summed E-state index contributed by atoms with van der Waals surface area (Å²) in [5.74, 6) is 0.881. The maximum Gasteiger partial charge on any atom is 0.190 e. The Balaban J connectivity index is 1.31. The lowest BCUT2D eigenvalue weighted by atomic mass is 10.00. The van der Waals surface area contributed by atoms with Crippen LogP contribution in [-0.2, 0) is 25.8 Å². The Bertz CT molecular complexity index is 740. The third-order valence-electron chi connectivity index (χ3n) is 4.96. The minimum atomic E-state index is 0.860. The van der Waals surface area contributed by atoms with Crippen molar-refractivity contribution in [2.75, 3.05) is 33.2 Å². The van der Waals surface area contributed by atoms with Crippen molar-refractivity contribution < 1.29 is 0 Å². The highest BCUT2D eigenvalue weighted by atomic mass is 32.1. The molecule has 0 spiro atoms. The fourth-order valence-corrected chi connectivity index (χ4v) is 4.25. The highest BCUT2D eigenvalue weighted by Crippen LogP contribution is 2.18. The first-order chi connectivity index (χ1) is 13.3. The highest BCUT2D eigenvalue weighted by Gasteiger charge is 2.14. The second-order valence-corrected chi connectivity index (χ2v) is 8.10. The molecule has 0 fully saturated rings. The van der Waals surface area contributed by atoms with Crippen LogP contribution in [0.15, 0.2) is 35.5 Å². The molecule has 3 rings (SSSR count). The molecule has 0 unspecified atom stereocenters. The number of nitrogens with one attached hydrogen (secondary N) is 2. The van der Waals surface area contributed by atoms with E-state index >= 15 is 0 Å². The fourth-order valence-electron chi connectivity index (χ4n) is 3.39. The average molecular weight is 386 g/mol. The van der Waals surface area contributed by atoms with Crippen molar-refractivity contribution in [3.63, 3.8) is 0 Å². The maximum absolute atomic E-state index is 4.47. The number of aromatic nitrogens is 1. The van der Waals surface area contributed by atoms with E-state index < -0.39 is 0 Å². The lowest BCUT2D eigenvalue weighted by Crippen LogP contribution is -2.40. The second-order valence-electron chi connectivity index (χ2n) is 6.90. The Labute approximate surface area is 166 Å². The number of fused-ring (bicyclic) bond motifs is 1. The molecule has 1 aromatic heterocycles. The molecule has 0 saturated heterocycles. The SMILES string of the molecule is CCc1cnc(CCNC(=NC)NCCCN2CCc3ccccc3C2)s1. The van der Waals surface area contributed by atoms with Gasteiger partial charge in [0, 0.05) is 57.3 Å². The Kier molecular flexibility index (Phi) is 7.66. The van der Waals surface area contributed by atoms with E-state index in [1.807, 2.05) is 24.6 Å². The molecule has 1 aliphatic rings. The van der Waals surface area contributed by atoms with Crippen LogP contribution in [0.5, 0.6) is 0 Å². The van der Waals surface area contributed by atoms with Crippen LogP contribution in [0.1, 0.15) is 34.4 Å². The van der Waals surface area contributed by atoms with Gasteiger partial charge in [-0.25, -0.2) is 4.98 Å². The minimum absolute atomic E-state index is 0.860. The van der Waals surface area contributed by atoms with Gasteiger partial charge in [0.05, 0.1) is 5.01 Å². The van der Waals surface area contributed by atoms with Gasteiger partial charge >= 0.3 is 0 Å².